The van der Waals surface area contributed by atoms with Gasteiger partial charge in [0.2, 0.25) is 10.0 Å². The number of thiophene rings is 1. The summed E-state index contributed by atoms with van der Waals surface area (Å²) in [4.78, 5) is 10.8. The Labute approximate surface area is 133 Å². The molecule has 10 heteroatoms. The second kappa shape index (κ2) is 6.26. The first-order valence-corrected chi connectivity index (χ1v) is 8.89. The van der Waals surface area contributed by atoms with E-state index in [9.17, 15) is 13.2 Å². The molecule has 2 rings (SSSR count). The molecule has 2 N–H and O–H groups in total. The molecule has 0 saturated carbocycles. The number of aromatic nitrogens is 2. The number of carboxylic acids is 1. The maximum atomic E-state index is 12.1. The van der Waals surface area contributed by atoms with Crippen molar-refractivity contribution in [2.75, 3.05) is 6.54 Å². The summed E-state index contributed by atoms with van der Waals surface area (Å²) >= 11 is 3.95. The molecule has 7 nitrogen and oxygen atoms in total. The lowest BCUT2D eigenvalue weighted by Gasteiger charge is -2.04. The molecule has 0 aliphatic rings. The first kappa shape index (κ1) is 16.1. The lowest BCUT2D eigenvalue weighted by molar-refractivity contribution is 0.0702. The zero-order valence-corrected chi connectivity index (χ0v) is 14.1. The Morgan fingerprint density at radius 2 is 2.29 bits per heavy atom. The molecule has 0 spiro atoms. The predicted octanol–water partition coefficient (Wildman–Crippen LogP) is 1.46. The van der Waals surface area contributed by atoms with Crippen molar-refractivity contribution in [2.45, 2.75) is 11.3 Å². The third-order valence-electron chi connectivity index (χ3n) is 2.60. The van der Waals surface area contributed by atoms with Crippen LogP contribution >= 0.6 is 27.3 Å². The van der Waals surface area contributed by atoms with Gasteiger partial charge in [0.15, 0.2) is 0 Å². The number of nitrogens with zero attached hydrogens (tertiary/aromatic N) is 2. The number of nitrogens with one attached hydrogen (secondary N) is 1. The van der Waals surface area contributed by atoms with Gasteiger partial charge in [0.1, 0.15) is 9.77 Å². The van der Waals surface area contributed by atoms with Crippen LogP contribution in [0.1, 0.15) is 15.4 Å². The van der Waals surface area contributed by atoms with E-state index in [0.717, 1.165) is 23.1 Å². The molecule has 2 aromatic rings. The van der Waals surface area contributed by atoms with Gasteiger partial charge in [-0.25, -0.2) is 17.9 Å². The third-order valence-corrected chi connectivity index (χ3v) is 6.30. The van der Waals surface area contributed by atoms with Crippen molar-refractivity contribution in [3.8, 4) is 0 Å². The predicted molar refractivity (Wildman–Crippen MR) is 81.1 cm³/mol. The average Bonchev–Trinajstić information content (AvgIpc) is 2.96. The maximum Gasteiger partial charge on any atom is 0.345 e. The summed E-state index contributed by atoms with van der Waals surface area (Å²) in [5.41, 5.74) is 0.774. The molecule has 0 fully saturated rings. The van der Waals surface area contributed by atoms with Gasteiger partial charge in [-0.1, -0.05) is 0 Å². The summed E-state index contributed by atoms with van der Waals surface area (Å²) in [6.45, 7) is 0.185. The van der Waals surface area contributed by atoms with Crippen molar-refractivity contribution in [3.05, 3.63) is 32.7 Å². The SMILES string of the molecule is Cn1ccc(CCNS(=O)(=O)c2cc(C(=O)O)sc2Br)n1. The van der Waals surface area contributed by atoms with E-state index >= 15 is 0 Å². The highest BCUT2D eigenvalue weighted by Crippen LogP contribution is 2.31. The topological polar surface area (TPSA) is 101 Å². The maximum absolute atomic E-state index is 12.1. The highest BCUT2D eigenvalue weighted by Gasteiger charge is 2.22. The lowest BCUT2D eigenvalue weighted by atomic mass is 10.3. The number of rotatable bonds is 6. The molecule has 0 aromatic carbocycles. The van der Waals surface area contributed by atoms with E-state index in [2.05, 4.69) is 25.8 Å². The normalized spacial score (nSPS) is 11.7. The van der Waals surface area contributed by atoms with Crippen LogP contribution in [0.5, 0.6) is 0 Å². The minimum Gasteiger partial charge on any atom is -0.477 e. The molecule has 0 saturated heterocycles. The molecule has 0 atom stereocenters. The van der Waals surface area contributed by atoms with Crippen molar-refractivity contribution in [1.29, 1.82) is 0 Å². The number of sulfonamides is 1. The van der Waals surface area contributed by atoms with Crippen LogP contribution in [0.25, 0.3) is 0 Å². The zero-order valence-electron chi connectivity index (χ0n) is 10.9. The fourth-order valence-corrected chi connectivity index (χ4v) is 5.06. The van der Waals surface area contributed by atoms with Crippen LogP contribution in [0.15, 0.2) is 27.0 Å². The summed E-state index contributed by atoms with van der Waals surface area (Å²) in [5, 5.41) is 13.0. The van der Waals surface area contributed by atoms with Gasteiger partial charge >= 0.3 is 5.97 Å². The third kappa shape index (κ3) is 3.90. The molecule has 114 valence electrons. The number of hydrogen-bond donors (Lipinski definition) is 2. The van der Waals surface area contributed by atoms with Gasteiger partial charge in [0, 0.05) is 26.2 Å². The minimum absolute atomic E-state index is 0.0352. The van der Waals surface area contributed by atoms with Gasteiger partial charge in [-0.3, -0.25) is 4.68 Å². The van der Waals surface area contributed by atoms with Gasteiger partial charge in [0.25, 0.3) is 0 Å². The molecule has 0 unspecified atom stereocenters. The molecule has 0 bridgehead atoms. The number of carbonyl (C=O) groups is 1. The summed E-state index contributed by atoms with van der Waals surface area (Å²) < 4.78 is 28.6. The van der Waals surface area contributed by atoms with Crippen LogP contribution in [-0.2, 0) is 23.5 Å². The summed E-state index contributed by atoms with van der Waals surface area (Å²) in [6, 6.07) is 2.94. The number of hydrogen-bond acceptors (Lipinski definition) is 5. The molecule has 0 amide bonds. The fourth-order valence-electron chi connectivity index (χ4n) is 1.63. The quantitative estimate of drug-likeness (QED) is 0.773. The van der Waals surface area contributed by atoms with Crippen molar-refractivity contribution in [3.63, 3.8) is 0 Å². The lowest BCUT2D eigenvalue weighted by Crippen LogP contribution is -2.26. The summed E-state index contributed by atoms with van der Waals surface area (Å²) in [6.07, 6.45) is 2.23. The van der Waals surface area contributed by atoms with E-state index in [0.29, 0.717) is 6.42 Å². The van der Waals surface area contributed by atoms with Crippen molar-refractivity contribution >= 4 is 43.3 Å². The van der Waals surface area contributed by atoms with Gasteiger partial charge in [-0.05, 0) is 28.1 Å². The Kier molecular flexibility index (Phi) is 4.81. The van der Waals surface area contributed by atoms with Crippen molar-refractivity contribution in [2.24, 2.45) is 7.05 Å². The van der Waals surface area contributed by atoms with Crippen LogP contribution in [0, 0.1) is 0 Å². The number of carboxylic acid groups (broad SMARTS) is 1. The Hall–Kier alpha value is -1.23. The second-order valence-electron chi connectivity index (χ2n) is 4.18. The van der Waals surface area contributed by atoms with E-state index < -0.39 is 16.0 Å². The average molecular weight is 394 g/mol. The summed E-state index contributed by atoms with van der Waals surface area (Å²) in [7, 11) is -1.97. The van der Waals surface area contributed by atoms with Gasteiger partial charge in [-0.2, -0.15) is 5.10 Å². The largest absolute Gasteiger partial charge is 0.477 e. The van der Waals surface area contributed by atoms with Crippen LogP contribution in [0.4, 0.5) is 0 Å². The zero-order chi connectivity index (χ0) is 15.6. The standard InChI is InChI=1S/C11H12BrN3O4S2/c1-15-5-3-7(14-15)2-4-13-21(18,19)9-6-8(11(16)17)20-10(9)12/h3,5-6,13H,2,4H2,1H3,(H,16,17). The molecule has 2 heterocycles. The van der Waals surface area contributed by atoms with Crippen LogP contribution in [-0.4, -0.2) is 35.8 Å². The molecule has 0 radical (unpaired) electrons. The molecular weight excluding hydrogens is 382 g/mol. The first-order valence-electron chi connectivity index (χ1n) is 5.80. The van der Waals surface area contributed by atoms with Crippen LogP contribution < -0.4 is 4.72 Å². The van der Waals surface area contributed by atoms with E-state index in [1.165, 1.54) is 0 Å². The van der Waals surface area contributed by atoms with Crippen molar-refractivity contribution < 1.29 is 18.3 Å². The number of aromatic carboxylic acids is 1. The Balaban J connectivity index is 2.06. The van der Waals surface area contributed by atoms with Crippen LogP contribution in [0.2, 0.25) is 0 Å². The second-order valence-corrected chi connectivity index (χ2v) is 8.29. The fraction of sp³-hybridized carbons (Fsp3) is 0.273. The van der Waals surface area contributed by atoms with Crippen molar-refractivity contribution in [1.82, 2.24) is 14.5 Å². The molecular formula is C11H12BrN3O4S2. The smallest absolute Gasteiger partial charge is 0.345 e. The molecule has 21 heavy (non-hydrogen) atoms. The Morgan fingerprint density at radius 1 is 1.57 bits per heavy atom. The van der Waals surface area contributed by atoms with Crippen LogP contribution in [0.3, 0.4) is 0 Å². The highest BCUT2D eigenvalue weighted by atomic mass is 79.9. The van der Waals surface area contributed by atoms with Gasteiger partial charge in [-0.15, -0.1) is 11.3 Å². The molecule has 0 aliphatic heterocycles. The van der Waals surface area contributed by atoms with E-state index in [1.54, 1.807) is 24.0 Å². The molecule has 0 aliphatic carbocycles. The van der Waals surface area contributed by atoms with E-state index in [-0.39, 0.29) is 20.1 Å². The Morgan fingerprint density at radius 3 is 2.81 bits per heavy atom. The van der Waals surface area contributed by atoms with E-state index in [1.807, 2.05) is 0 Å². The van der Waals surface area contributed by atoms with E-state index in [4.69, 9.17) is 5.11 Å². The van der Waals surface area contributed by atoms with Gasteiger partial charge < -0.3 is 5.11 Å². The molecule has 2 aromatic heterocycles. The number of aryl methyl sites for hydroxylation is 1. The first-order chi connectivity index (χ1) is 9.79. The summed E-state index contributed by atoms with van der Waals surface area (Å²) in [5.74, 6) is -1.16. The number of halogens is 1. The van der Waals surface area contributed by atoms with Gasteiger partial charge in [0.05, 0.1) is 9.48 Å². The monoisotopic (exact) mass is 393 g/mol. The highest BCUT2D eigenvalue weighted by molar-refractivity contribution is 9.11. The minimum atomic E-state index is -3.75. The Bertz CT molecular complexity index is 766.